The molecule has 0 saturated heterocycles. The summed E-state index contributed by atoms with van der Waals surface area (Å²) in [6.45, 7) is 4.27. The van der Waals surface area contributed by atoms with Crippen LogP contribution in [0.15, 0.2) is 89.0 Å². The zero-order chi connectivity index (χ0) is 21.1. The van der Waals surface area contributed by atoms with E-state index in [2.05, 4.69) is 71.5 Å². The smallest absolute Gasteiger partial charge is 0.275 e. The van der Waals surface area contributed by atoms with Gasteiger partial charge in [0.05, 0.1) is 6.04 Å². The van der Waals surface area contributed by atoms with E-state index in [-0.39, 0.29) is 11.9 Å². The molecule has 0 radical (unpaired) electrons. The van der Waals surface area contributed by atoms with E-state index in [1.54, 1.807) is 0 Å². The minimum Gasteiger partial charge on any atom is -0.351 e. The van der Waals surface area contributed by atoms with Crippen molar-refractivity contribution >= 4 is 33.2 Å². The molecule has 1 aliphatic rings. The molecule has 4 rings (SSSR count). The molecule has 1 atom stereocenters. The molecule has 1 N–H and O–H groups in total. The normalized spacial score (nSPS) is 16.0. The number of halogens is 1. The highest BCUT2D eigenvalue weighted by Crippen LogP contribution is 2.36. The number of rotatable bonds is 6. The minimum absolute atomic E-state index is 0.0215. The molecule has 0 aromatic heterocycles. The number of hydrogen-bond acceptors (Lipinski definition) is 2. The standard InChI is InChI=1S/C26H25BrN2O/c1-3-18-5-13-22(14-6-18)28-24-17-25(20-9-11-21(27)12-10-20)29(26(24)30)23-15-7-19(4-2)8-16-23/h5-17,25,28H,3-4H2,1-2H3. The van der Waals surface area contributed by atoms with Crippen molar-refractivity contribution < 1.29 is 4.79 Å². The Bertz CT molecular complexity index is 1050. The van der Waals surface area contributed by atoms with Gasteiger partial charge >= 0.3 is 0 Å². The molecule has 3 aromatic carbocycles. The number of aryl methyl sites for hydroxylation is 2. The summed E-state index contributed by atoms with van der Waals surface area (Å²) in [6.07, 6.45) is 3.99. The Morgan fingerprint density at radius 1 is 0.833 bits per heavy atom. The average molecular weight is 461 g/mol. The van der Waals surface area contributed by atoms with Gasteiger partial charge in [-0.2, -0.15) is 0 Å². The highest BCUT2D eigenvalue weighted by Gasteiger charge is 2.34. The number of amides is 1. The van der Waals surface area contributed by atoms with Crippen molar-refractivity contribution in [1.82, 2.24) is 0 Å². The lowest BCUT2D eigenvalue weighted by Gasteiger charge is -2.25. The molecule has 1 amide bonds. The van der Waals surface area contributed by atoms with Gasteiger partial charge in [-0.1, -0.05) is 66.2 Å². The molecule has 1 unspecified atom stereocenters. The Kier molecular flexibility index (Phi) is 6.05. The van der Waals surface area contributed by atoms with Crippen molar-refractivity contribution in [1.29, 1.82) is 0 Å². The molecule has 0 fully saturated rings. The molecular weight excluding hydrogens is 436 g/mol. The van der Waals surface area contributed by atoms with Crippen LogP contribution in [0.2, 0.25) is 0 Å². The molecule has 3 nitrogen and oxygen atoms in total. The maximum absolute atomic E-state index is 13.4. The average Bonchev–Trinajstić information content (AvgIpc) is 3.10. The van der Waals surface area contributed by atoms with Crippen LogP contribution in [0.1, 0.15) is 36.6 Å². The van der Waals surface area contributed by atoms with E-state index < -0.39 is 0 Å². The van der Waals surface area contributed by atoms with Crippen LogP contribution in [-0.4, -0.2) is 5.91 Å². The van der Waals surface area contributed by atoms with E-state index in [1.807, 2.05) is 47.4 Å². The summed E-state index contributed by atoms with van der Waals surface area (Å²) in [7, 11) is 0. The Labute approximate surface area is 186 Å². The van der Waals surface area contributed by atoms with E-state index in [1.165, 1.54) is 11.1 Å². The zero-order valence-electron chi connectivity index (χ0n) is 17.2. The lowest BCUT2D eigenvalue weighted by molar-refractivity contribution is -0.114. The molecule has 1 aliphatic heterocycles. The third-order valence-corrected chi connectivity index (χ3v) is 6.06. The first-order chi connectivity index (χ1) is 14.6. The Morgan fingerprint density at radius 3 is 1.97 bits per heavy atom. The van der Waals surface area contributed by atoms with Crippen LogP contribution < -0.4 is 10.2 Å². The molecule has 30 heavy (non-hydrogen) atoms. The highest BCUT2D eigenvalue weighted by molar-refractivity contribution is 9.10. The topological polar surface area (TPSA) is 32.3 Å². The molecular formula is C26H25BrN2O. The van der Waals surface area contributed by atoms with E-state index in [4.69, 9.17) is 0 Å². The fourth-order valence-electron chi connectivity index (χ4n) is 3.71. The summed E-state index contributed by atoms with van der Waals surface area (Å²) in [5.41, 5.74) is 6.03. The van der Waals surface area contributed by atoms with Crippen molar-refractivity contribution in [3.05, 3.63) is 106 Å². The number of carbonyl (C=O) groups excluding carboxylic acids is 1. The summed E-state index contributed by atoms with van der Waals surface area (Å²) < 4.78 is 1.02. The Balaban J connectivity index is 1.68. The van der Waals surface area contributed by atoms with Gasteiger partial charge in [-0.05, 0) is 72.0 Å². The number of nitrogens with zero attached hydrogens (tertiary/aromatic N) is 1. The predicted octanol–water partition coefficient (Wildman–Crippen LogP) is 6.66. The number of anilines is 2. The van der Waals surface area contributed by atoms with E-state index in [9.17, 15) is 4.79 Å². The maximum Gasteiger partial charge on any atom is 0.275 e. The molecule has 0 spiro atoms. The SMILES string of the molecule is CCc1ccc(NC2=CC(c3ccc(Br)cc3)N(c3ccc(CC)cc3)C2=O)cc1. The lowest BCUT2D eigenvalue weighted by atomic mass is 10.1. The lowest BCUT2D eigenvalue weighted by Crippen LogP contribution is -2.30. The van der Waals surface area contributed by atoms with Gasteiger partial charge in [0.1, 0.15) is 5.70 Å². The number of hydrogen-bond donors (Lipinski definition) is 1. The van der Waals surface area contributed by atoms with Crippen molar-refractivity contribution in [3.63, 3.8) is 0 Å². The first-order valence-corrected chi connectivity index (χ1v) is 11.1. The fourth-order valence-corrected chi connectivity index (χ4v) is 3.97. The van der Waals surface area contributed by atoms with Gasteiger partial charge in [-0.25, -0.2) is 0 Å². The Morgan fingerprint density at radius 2 is 1.40 bits per heavy atom. The van der Waals surface area contributed by atoms with Gasteiger partial charge in [0.25, 0.3) is 5.91 Å². The quantitative estimate of drug-likeness (QED) is 0.445. The van der Waals surface area contributed by atoms with Gasteiger partial charge in [-0.3, -0.25) is 9.69 Å². The van der Waals surface area contributed by atoms with Crippen molar-refractivity contribution in [2.45, 2.75) is 32.7 Å². The fraction of sp³-hybridized carbons (Fsp3) is 0.192. The summed E-state index contributed by atoms with van der Waals surface area (Å²) in [5.74, 6) is -0.0215. The molecule has 0 saturated carbocycles. The van der Waals surface area contributed by atoms with Crippen LogP contribution in [0.3, 0.4) is 0 Å². The van der Waals surface area contributed by atoms with Gasteiger partial charge in [-0.15, -0.1) is 0 Å². The molecule has 152 valence electrons. The second-order valence-electron chi connectivity index (χ2n) is 7.45. The second-order valence-corrected chi connectivity index (χ2v) is 8.36. The van der Waals surface area contributed by atoms with Crippen LogP contribution in [0.4, 0.5) is 11.4 Å². The third kappa shape index (κ3) is 4.19. The summed E-state index contributed by atoms with van der Waals surface area (Å²) in [4.78, 5) is 15.3. The van der Waals surface area contributed by atoms with Crippen LogP contribution in [0.25, 0.3) is 0 Å². The second kappa shape index (κ2) is 8.88. The minimum atomic E-state index is -0.157. The molecule has 0 bridgehead atoms. The number of carbonyl (C=O) groups is 1. The van der Waals surface area contributed by atoms with Gasteiger partial charge < -0.3 is 5.32 Å². The largest absolute Gasteiger partial charge is 0.351 e. The summed E-state index contributed by atoms with van der Waals surface area (Å²) in [5, 5.41) is 3.34. The van der Waals surface area contributed by atoms with E-state index in [0.29, 0.717) is 5.70 Å². The summed E-state index contributed by atoms with van der Waals surface area (Å²) >= 11 is 3.50. The van der Waals surface area contributed by atoms with E-state index in [0.717, 1.165) is 34.3 Å². The van der Waals surface area contributed by atoms with Gasteiger partial charge in [0, 0.05) is 15.8 Å². The van der Waals surface area contributed by atoms with Crippen molar-refractivity contribution in [3.8, 4) is 0 Å². The first kappa shape index (κ1) is 20.4. The maximum atomic E-state index is 13.4. The van der Waals surface area contributed by atoms with Crippen LogP contribution in [-0.2, 0) is 17.6 Å². The molecule has 4 heteroatoms. The van der Waals surface area contributed by atoms with Crippen molar-refractivity contribution in [2.24, 2.45) is 0 Å². The Hall–Kier alpha value is -2.85. The first-order valence-electron chi connectivity index (χ1n) is 10.3. The van der Waals surface area contributed by atoms with Crippen LogP contribution in [0, 0.1) is 0 Å². The van der Waals surface area contributed by atoms with E-state index >= 15 is 0 Å². The summed E-state index contributed by atoms with van der Waals surface area (Å²) in [6, 6.07) is 24.5. The molecule has 1 heterocycles. The van der Waals surface area contributed by atoms with Crippen LogP contribution >= 0.6 is 15.9 Å². The third-order valence-electron chi connectivity index (χ3n) is 5.53. The monoisotopic (exact) mass is 460 g/mol. The predicted molar refractivity (Wildman–Crippen MR) is 128 cm³/mol. The van der Waals surface area contributed by atoms with Gasteiger partial charge in [0.15, 0.2) is 0 Å². The molecule has 0 aliphatic carbocycles. The highest BCUT2D eigenvalue weighted by atomic mass is 79.9. The van der Waals surface area contributed by atoms with Crippen molar-refractivity contribution in [2.75, 3.05) is 10.2 Å². The molecule has 3 aromatic rings. The van der Waals surface area contributed by atoms with Gasteiger partial charge in [0.2, 0.25) is 0 Å². The van der Waals surface area contributed by atoms with Crippen LogP contribution in [0.5, 0.6) is 0 Å². The zero-order valence-corrected chi connectivity index (χ0v) is 18.8. The number of benzene rings is 3. The number of nitrogens with one attached hydrogen (secondary N) is 1.